The number of aryl methyl sites for hydroxylation is 7. The topological polar surface area (TPSA) is 267 Å². The van der Waals surface area contributed by atoms with Gasteiger partial charge in [-0.1, -0.05) is 137 Å². The number of pyridine rings is 5. The molecule has 5 radical (unpaired) electrons. The van der Waals surface area contributed by atoms with Crippen LogP contribution < -0.4 is 0 Å². The third-order valence-corrected chi connectivity index (χ3v) is 21.7. The molecule has 0 aliphatic heterocycles. The molecule has 15 nitrogen and oxygen atoms in total. The molecule has 15 rings (SSSR count). The van der Waals surface area contributed by atoms with E-state index in [-0.39, 0.29) is 177 Å². The van der Waals surface area contributed by atoms with E-state index in [4.69, 9.17) is 40.9 Å². The summed E-state index contributed by atoms with van der Waals surface area (Å²) in [6.45, 7) is 41.6. The number of halogens is 6. The van der Waals surface area contributed by atoms with Crippen molar-refractivity contribution < 1.29 is 178 Å². The summed E-state index contributed by atoms with van der Waals surface area (Å²) >= 11 is 0. The number of rotatable bonds is 15. The van der Waals surface area contributed by atoms with Crippen molar-refractivity contribution in [2.45, 2.75) is 245 Å². The molecule has 0 spiro atoms. The van der Waals surface area contributed by atoms with E-state index in [9.17, 15) is 36.6 Å². The largest absolute Gasteiger partial charge is 0.393 e. The quantitative estimate of drug-likeness (QED) is 0.0338. The van der Waals surface area contributed by atoms with Crippen molar-refractivity contribution in [1.82, 2.24) is 24.9 Å². The van der Waals surface area contributed by atoms with Crippen molar-refractivity contribution in [3.63, 3.8) is 0 Å². The fraction of sp³-hybridized carbons (Fsp3) is 0.342. The van der Waals surface area contributed by atoms with Gasteiger partial charge in [-0.3, -0.25) is 22.5 Å². The summed E-state index contributed by atoms with van der Waals surface area (Å²) in [6.07, 6.45) is 5.24. The van der Waals surface area contributed by atoms with Crippen molar-refractivity contribution in [3.05, 3.63) is 329 Å². The summed E-state index contributed by atoms with van der Waals surface area (Å²) < 4.78 is 80.6. The Balaban J connectivity index is 0.000000794. The summed E-state index contributed by atoms with van der Waals surface area (Å²) in [6, 6.07) is 72.1. The average molecular weight is 2810 g/mol. The maximum atomic E-state index is 13.9. The molecule has 0 amide bonds. The third-order valence-electron chi connectivity index (χ3n) is 21.7. The van der Waals surface area contributed by atoms with Gasteiger partial charge in [0.1, 0.15) is 0 Å². The molecule has 10 aromatic carbocycles. The molecule has 0 bridgehead atoms. The zero-order chi connectivity index (χ0) is 100. The Morgan fingerprint density at radius 1 is 0.314 bits per heavy atom. The van der Waals surface area contributed by atoms with Crippen LogP contribution in [0.5, 0.6) is 0 Å². The Morgan fingerprint density at radius 3 is 1.27 bits per heavy atom. The maximum Gasteiger partial charge on any atom is 0.0751 e. The second-order valence-electron chi connectivity index (χ2n) is 36.4. The van der Waals surface area contributed by atoms with Crippen molar-refractivity contribution in [3.8, 4) is 56.3 Å². The predicted molar refractivity (Wildman–Crippen MR) is 535 cm³/mol. The van der Waals surface area contributed by atoms with Crippen LogP contribution in [0, 0.1) is 131 Å². The fourth-order valence-corrected chi connectivity index (χ4v) is 13.9. The van der Waals surface area contributed by atoms with Crippen molar-refractivity contribution in [2.75, 3.05) is 0 Å². The van der Waals surface area contributed by atoms with Crippen molar-refractivity contribution >= 4 is 54.0 Å². The number of aliphatic hydroxyl groups excluding tert-OH is 10. The molecule has 0 saturated carbocycles. The summed E-state index contributed by atoms with van der Waals surface area (Å²) in [5.74, 6) is -3.57. The maximum absolute atomic E-state index is 13.9. The minimum absolute atomic E-state index is 0. The molecule has 10 unspecified atom stereocenters. The monoisotopic (exact) mass is 2810 g/mol. The van der Waals surface area contributed by atoms with Gasteiger partial charge in [-0.25, -0.2) is 8.78 Å². The molecule has 0 aliphatic carbocycles. The molecular weight excluding hydrogens is 2670 g/mol. The summed E-state index contributed by atoms with van der Waals surface area (Å²) in [5.41, 5.74) is 16.5. The van der Waals surface area contributed by atoms with Crippen LogP contribution in [0.3, 0.4) is 0 Å². The fourth-order valence-electron chi connectivity index (χ4n) is 13.9. The number of fused-ring (bicyclic) bond motifs is 5. The minimum atomic E-state index is -0.980. The smallest absolute Gasteiger partial charge is 0.0751 e. The molecule has 10 N–H and O–H groups in total. The minimum Gasteiger partial charge on any atom is -0.393 e. The zero-order valence-electron chi connectivity index (χ0n) is 83.2. The molecule has 765 valence electrons. The first-order chi connectivity index (χ1) is 63.4. The van der Waals surface area contributed by atoms with Gasteiger partial charge in [0.25, 0.3) is 0 Å². The summed E-state index contributed by atoms with van der Waals surface area (Å²) in [4.78, 5) is 21.9. The Bertz CT molecular complexity index is 6150. The van der Waals surface area contributed by atoms with Gasteiger partial charge in [0.15, 0.2) is 0 Å². The van der Waals surface area contributed by atoms with Gasteiger partial charge in [-0.15, -0.1) is 132 Å². The second kappa shape index (κ2) is 63.1. The molecule has 0 fully saturated rings. The standard InChI is InChI=1S/C18H14F2N.C17H12F2N.C17H13FN.C16H11FN.C15H10N.C11H24O2.4C5H12O2.5Ir/c1-10-8-15-14(12(3)11(10)2)6-7-21-18(15)13-4-5-16(19)17(20)9-13;1-10-7-12-5-6-20-17(14(12)8-11(10)2)15-9-13(18)3-4-16(15)19;1-11-3-8-16-15(12(11)2)9-10-19-17(16)13-4-6-14(18)7-5-13;1-11-6-7-13-12(10-11)8-9-18-16(13)14-4-2-3-5-15(14)17;1-2-6-12(7-3-1)15-11-10-13-8-4-5-9-14(13)16-15;1-10(2,3)8(12)7-9(13)11(4,5)6;4*1-4(6)3-5(2)7;;;;;/h4-8H,1-3H3;3-8H,1-2H3;3-4,6-10H,1-2H3;2-3,5-10H,1H3;1-6,8-11H;8-9,12-13H,7H2,1-6H3;4*4-7H,3H2,1-2H3;;;;;/q5*-1;;;;;;;;;;. The molecule has 5 aromatic heterocycles. The molecule has 10 atom stereocenters. The van der Waals surface area contributed by atoms with Gasteiger partial charge in [0, 0.05) is 155 Å². The Morgan fingerprint density at radius 2 is 0.771 bits per heavy atom. The predicted octanol–water partition coefficient (Wildman–Crippen LogP) is 24.5. The van der Waals surface area contributed by atoms with Crippen molar-refractivity contribution in [2.24, 2.45) is 10.8 Å². The number of aliphatic hydroxyl groups is 10. The number of nitrogens with zero attached hydrogens (tertiary/aromatic N) is 5. The third kappa shape index (κ3) is 42.5. The van der Waals surface area contributed by atoms with Gasteiger partial charge in [-0.05, 0) is 294 Å². The number of benzene rings is 10. The molecule has 26 heteroatoms. The van der Waals surface area contributed by atoms with Gasteiger partial charge in [0.2, 0.25) is 0 Å². The first kappa shape index (κ1) is 130. The molecule has 15 aromatic rings. The Kier molecular flexibility index (Phi) is 58.4. The Labute approximate surface area is 890 Å². The Hall–Kier alpha value is -8.32. The van der Waals surface area contributed by atoms with E-state index in [2.05, 4.69) is 113 Å². The first-order valence-electron chi connectivity index (χ1n) is 45.1. The van der Waals surface area contributed by atoms with Crippen LogP contribution in [0.25, 0.3) is 110 Å². The van der Waals surface area contributed by atoms with Crippen LogP contribution in [0.4, 0.5) is 26.3 Å². The van der Waals surface area contributed by atoms with E-state index in [1.54, 1.807) is 98.4 Å². The number of para-hydroxylation sites is 1. The van der Waals surface area contributed by atoms with E-state index in [0.29, 0.717) is 60.3 Å². The van der Waals surface area contributed by atoms with E-state index < -0.39 is 35.5 Å². The van der Waals surface area contributed by atoms with Crippen LogP contribution in [-0.2, 0) is 101 Å². The molecule has 0 aliphatic rings. The van der Waals surface area contributed by atoms with Crippen LogP contribution in [0.2, 0.25) is 0 Å². The SMILES string of the molecule is CC(C)(C)C(O)CC(O)C(C)(C)C.CC(O)CC(C)O.CC(O)CC(C)O.CC(O)CC(C)O.CC(O)CC(C)O.Cc1cc2c(-c3[c-]c(F)c(F)cc3)nccc2c(C)c1C.Cc1cc2ccnc(-c3[c-]c(F)ccc3F)c2cc1C.Cc1ccc2c(-c3[c-]cc(F)cc3)nccc2c1C.Cc1ccc2c(-c3[c-]cccc3F)nccc2c1.[Ir].[Ir].[Ir].[Ir].[Ir].[c-]1ccccc1-c1ccc2ccccc2n1. The van der Waals surface area contributed by atoms with E-state index in [0.717, 1.165) is 101 Å². The number of aromatic nitrogens is 5. The van der Waals surface area contributed by atoms with E-state index in [1.807, 2.05) is 172 Å². The zero-order valence-corrected chi connectivity index (χ0v) is 95.2. The number of hydrogen-bond donors (Lipinski definition) is 10. The van der Waals surface area contributed by atoms with Crippen LogP contribution in [0.15, 0.2) is 219 Å². The number of hydrogen-bond acceptors (Lipinski definition) is 15. The normalized spacial score (nSPS) is 12.8. The van der Waals surface area contributed by atoms with Gasteiger partial charge < -0.3 is 71.0 Å². The van der Waals surface area contributed by atoms with Gasteiger partial charge in [-0.2, -0.15) is 0 Å². The van der Waals surface area contributed by atoms with Crippen LogP contribution in [0.1, 0.15) is 174 Å². The molecular formula is C114H132F6Ir5N5O10-5. The molecule has 0 saturated heterocycles. The van der Waals surface area contributed by atoms with E-state index >= 15 is 0 Å². The molecule has 140 heavy (non-hydrogen) atoms. The van der Waals surface area contributed by atoms with E-state index in [1.165, 1.54) is 62.9 Å². The van der Waals surface area contributed by atoms with Crippen molar-refractivity contribution in [1.29, 1.82) is 0 Å². The second-order valence-corrected chi connectivity index (χ2v) is 36.4. The first-order valence-corrected chi connectivity index (χ1v) is 45.1. The van der Waals surface area contributed by atoms with Crippen LogP contribution >= 0.6 is 0 Å². The summed E-state index contributed by atoms with van der Waals surface area (Å²) in [7, 11) is 0. The van der Waals surface area contributed by atoms with Gasteiger partial charge >= 0.3 is 0 Å². The average Bonchev–Trinajstić information content (AvgIpc) is 0.792. The van der Waals surface area contributed by atoms with Crippen LogP contribution in [-0.4, -0.2) is 137 Å². The van der Waals surface area contributed by atoms with Gasteiger partial charge in [0.05, 0.1) is 78.2 Å². The molecule has 5 heterocycles. The summed E-state index contributed by atoms with van der Waals surface area (Å²) in [5, 5.41) is 97.2.